The first kappa shape index (κ1) is 79.3. The minimum atomic E-state index is -2.37. The number of aromatic nitrogens is 3. The molecule has 6 aliphatic carbocycles. The van der Waals surface area contributed by atoms with Crippen molar-refractivity contribution in [3.8, 4) is 5.75 Å². The van der Waals surface area contributed by atoms with E-state index >= 15 is 8.78 Å². The number of ether oxygens (including phenoxy) is 9. The number of anilines is 1. The zero-order valence-corrected chi connectivity index (χ0v) is 59.2. The quantitative estimate of drug-likeness (QED) is 0.0299. The Labute approximate surface area is 585 Å². The molecule has 100 heavy (non-hydrogen) atoms. The van der Waals surface area contributed by atoms with E-state index in [4.69, 9.17) is 48.4 Å². The molecular formula is C72H109F2N8O18+. The lowest BCUT2D eigenvalue weighted by atomic mass is 9.44. The number of alkyl halides is 2. The molecule has 4 fully saturated rings. The van der Waals surface area contributed by atoms with Crippen molar-refractivity contribution in [2.75, 3.05) is 124 Å². The molecule has 14 atom stereocenters. The Morgan fingerprint density at radius 2 is 1.44 bits per heavy atom. The first-order valence-electron chi connectivity index (χ1n) is 36.0. The van der Waals surface area contributed by atoms with Gasteiger partial charge in [-0.2, -0.15) is 4.68 Å². The summed E-state index contributed by atoms with van der Waals surface area (Å²) in [7, 11) is 0. The van der Waals surface area contributed by atoms with Crippen LogP contribution in [0.5, 0.6) is 5.75 Å². The van der Waals surface area contributed by atoms with Gasteiger partial charge in [0.2, 0.25) is 23.3 Å². The molecule has 0 radical (unpaired) electrons. The van der Waals surface area contributed by atoms with E-state index in [1.165, 1.54) is 49.0 Å². The number of urea groups is 1. The van der Waals surface area contributed by atoms with E-state index in [-0.39, 0.29) is 87.9 Å². The fourth-order valence-electron chi connectivity index (χ4n) is 16.0. The average molecular weight is 1410 g/mol. The molecule has 1 heterocycles. The van der Waals surface area contributed by atoms with Gasteiger partial charge in [-0.15, -0.1) is 0 Å². The molecule has 28 heteroatoms. The van der Waals surface area contributed by atoms with Gasteiger partial charge in [-0.05, 0) is 136 Å². The van der Waals surface area contributed by atoms with E-state index in [0.29, 0.717) is 116 Å². The van der Waals surface area contributed by atoms with Crippen LogP contribution < -0.4 is 36.4 Å². The van der Waals surface area contributed by atoms with Crippen LogP contribution in [-0.4, -0.2) is 210 Å². The SMILES string of the molecule is CCCCOCCOCCOCC[n+]1[nH]nc2c1CCC1C(CC2)C1COC(=O)NCCOCCOCCOCCOCCC(=O)N[C@H](C(=O)C[C@@H](CCCNC(N)=O)C(=O)Nc1ccc(OCC(=O)[C@@]2(O)[C@H](C)C[C@H]3[C@@H]4C[C@H](F)C5=CC(=O)C=C[C@]5(C)[C@@]4(F)[C@@H](O)C[C@@]32C)cc1)C(C)C. The standard InChI is InChI=1S/C72H108F2N8O18/c1-7-8-25-92-29-33-96-36-32-95-28-24-82-60-18-16-53-52(15-17-59(60)80-81-82)54(53)44-100-68(90)77-23-27-94-31-35-98-38-37-97-34-30-93-26-20-64(87)79-65(46(2)3)61(84)40-48(10-9-22-76-67(75)89)66(88)78-49-11-13-51(14-12-49)99-45-63(86)72(91)47(4)39-55-56-42-58(73)57-41-50(83)19-21-69(57,5)71(56,74)62(85)43-70(55,72)6/h11-14,19,21,41,46-48,52-56,58,62,65,85,91H,7-10,15-18,20,22-40,42-45H2,1-6H3,(H6,75,76,77,78,79,87,88,89,90)/p+1/t47-,48-,52?,53?,54?,55+,56+,58+,62+,65+,69+,70+,71+,72+/m1/s1. The first-order chi connectivity index (χ1) is 48.0. The van der Waals surface area contributed by atoms with E-state index in [9.17, 15) is 43.8 Å². The van der Waals surface area contributed by atoms with Crippen molar-refractivity contribution < 1.29 is 99.9 Å². The molecule has 8 rings (SSSR count). The van der Waals surface area contributed by atoms with Crippen LogP contribution in [0.3, 0.4) is 0 Å². The number of unbranched alkanes of at least 4 members (excludes halogenated alkanes) is 1. The number of rotatable bonds is 44. The van der Waals surface area contributed by atoms with Gasteiger partial charge < -0.3 is 79.8 Å². The highest BCUT2D eigenvalue weighted by molar-refractivity contribution is 6.01. The highest BCUT2D eigenvalue weighted by Gasteiger charge is 2.76. The number of allylic oxidation sites excluding steroid dienone is 4. The van der Waals surface area contributed by atoms with Crippen LogP contribution in [0.2, 0.25) is 0 Å². The number of halogens is 2. The predicted octanol–water partition coefficient (Wildman–Crippen LogP) is 5.52. The monoisotopic (exact) mass is 1410 g/mol. The van der Waals surface area contributed by atoms with Crippen LogP contribution >= 0.6 is 0 Å². The molecule has 0 spiro atoms. The van der Waals surface area contributed by atoms with Crippen LogP contribution in [-0.2, 0) is 81.3 Å². The third-order valence-corrected chi connectivity index (χ3v) is 21.6. The van der Waals surface area contributed by atoms with Crippen LogP contribution in [0.15, 0.2) is 48.1 Å². The van der Waals surface area contributed by atoms with Crippen LogP contribution in [0.4, 0.5) is 24.1 Å². The Kier molecular flexibility index (Phi) is 29.9. The van der Waals surface area contributed by atoms with Crippen LogP contribution in [0.25, 0.3) is 0 Å². The van der Waals surface area contributed by atoms with Gasteiger partial charge in [0.1, 0.15) is 30.7 Å². The number of Topliss-reactive ketones (excluding diaryl/α,β-unsaturated/α-hetero) is 2. The number of hydrogen-bond donors (Lipinski definition) is 8. The molecule has 0 bridgehead atoms. The van der Waals surface area contributed by atoms with E-state index < -0.39 is 106 Å². The summed E-state index contributed by atoms with van der Waals surface area (Å²) < 4.78 is 86.5. The number of primary amides is 1. The lowest BCUT2D eigenvalue weighted by Crippen LogP contribution is -2.70. The molecular weight excluding hydrogens is 1300 g/mol. The van der Waals surface area contributed by atoms with Crippen molar-refractivity contribution in [3.63, 3.8) is 0 Å². The van der Waals surface area contributed by atoms with Crippen molar-refractivity contribution >= 4 is 47.0 Å². The highest BCUT2D eigenvalue weighted by atomic mass is 19.1. The summed E-state index contributed by atoms with van der Waals surface area (Å²) >= 11 is 0. The number of nitrogens with two attached hydrogens (primary N) is 1. The normalized spacial score (nSPS) is 27.8. The van der Waals surface area contributed by atoms with Crippen molar-refractivity contribution in [3.05, 3.63) is 59.5 Å². The number of carbonyl (C=O) groups is 7. The van der Waals surface area contributed by atoms with E-state index in [1.807, 2.05) is 0 Å². The largest absolute Gasteiger partial charge is 0.486 e. The zero-order chi connectivity index (χ0) is 72.0. The van der Waals surface area contributed by atoms with Crippen LogP contribution in [0, 0.1) is 58.2 Å². The van der Waals surface area contributed by atoms with Gasteiger partial charge in [0.25, 0.3) is 0 Å². The number of aromatic amines is 1. The van der Waals surface area contributed by atoms with Crippen LogP contribution in [0.1, 0.15) is 124 Å². The molecule has 0 aliphatic heterocycles. The molecule has 3 unspecified atom stereocenters. The average Bonchev–Trinajstić information content (AvgIpc) is 1.34. The maximum absolute atomic E-state index is 17.7. The molecule has 9 N–H and O–H groups in total. The number of nitrogens with zero attached hydrogens (tertiary/aromatic N) is 2. The summed E-state index contributed by atoms with van der Waals surface area (Å²) in [5.41, 5.74) is 0.485. The Bertz CT molecular complexity index is 3100. The number of aryl methyl sites for hydroxylation is 1. The maximum atomic E-state index is 17.7. The molecule has 1 aromatic heterocycles. The first-order valence-corrected chi connectivity index (χ1v) is 36.0. The zero-order valence-electron chi connectivity index (χ0n) is 59.2. The lowest BCUT2D eigenvalue weighted by Gasteiger charge is -2.63. The summed E-state index contributed by atoms with van der Waals surface area (Å²) in [6.45, 7) is 17.1. The van der Waals surface area contributed by atoms with Crippen molar-refractivity contribution in [2.45, 2.75) is 161 Å². The summed E-state index contributed by atoms with van der Waals surface area (Å²) in [5.74, 6) is -4.55. The summed E-state index contributed by atoms with van der Waals surface area (Å²) in [6, 6.07) is 4.40. The summed E-state index contributed by atoms with van der Waals surface area (Å²) in [4.78, 5) is 91.3. The summed E-state index contributed by atoms with van der Waals surface area (Å²) in [5, 5.41) is 42.8. The Balaban J connectivity index is 0.655. The number of aliphatic hydroxyl groups excluding tert-OH is 1. The van der Waals surface area contributed by atoms with Crippen molar-refractivity contribution in [2.24, 2.45) is 63.9 Å². The predicted molar refractivity (Wildman–Crippen MR) is 361 cm³/mol. The number of benzene rings is 1. The third kappa shape index (κ3) is 20.1. The van der Waals surface area contributed by atoms with E-state index in [1.54, 1.807) is 27.7 Å². The molecule has 26 nitrogen and oxygen atoms in total. The number of H-pyrrole nitrogens is 1. The molecule has 5 amide bonds. The second-order valence-corrected chi connectivity index (χ2v) is 28.3. The third-order valence-electron chi connectivity index (χ3n) is 21.6. The molecule has 4 saturated carbocycles. The fourth-order valence-corrected chi connectivity index (χ4v) is 16.0. The molecule has 6 aliphatic rings. The van der Waals surface area contributed by atoms with E-state index in [2.05, 4.69) is 43.2 Å². The molecule has 0 saturated heterocycles. The number of amides is 5. The molecule has 558 valence electrons. The minimum absolute atomic E-state index is 0.0170. The number of carbonyl (C=O) groups excluding carboxylic acids is 7. The number of fused-ring (bicyclic) bond motifs is 7. The smallest absolute Gasteiger partial charge is 0.407 e. The van der Waals surface area contributed by atoms with Gasteiger partial charge in [0.15, 0.2) is 22.9 Å². The Hall–Kier alpha value is -6.37. The number of hydrogen-bond acceptors (Lipinski definition) is 19. The highest BCUT2D eigenvalue weighted by Crippen LogP contribution is 2.71. The summed E-state index contributed by atoms with van der Waals surface area (Å²) in [6.07, 6.45) is 5.61. The lowest BCUT2D eigenvalue weighted by molar-refractivity contribution is -0.761. The number of alkyl carbamates (subject to hydrolysis) is 1. The number of aliphatic hydroxyl groups is 2. The Morgan fingerprint density at radius 1 is 0.810 bits per heavy atom. The van der Waals surface area contributed by atoms with Gasteiger partial charge in [0, 0.05) is 78.8 Å². The van der Waals surface area contributed by atoms with Gasteiger partial charge in [-0.3, -0.25) is 24.0 Å². The fraction of sp³-hybridized carbons (Fsp3) is 0.736. The van der Waals surface area contributed by atoms with E-state index in [0.717, 1.165) is 56.9 Å². The second kappa shape index (κ2) is 37.7. The minimum Gasteiger partial charge on any atom is -0.486 e. The van der Waals surface area contributed by atoms with Gasteiger partial charge in [0.05, 0.1) is 105 Å². The topological polar surface area (TPSA) is 350 Å². The Morgan fingerprint density at radius 3 is 2.09 bits per heavy atom. The maximum Gasteiger partial charge on any atom is 0.407 e. The molecule has 1 aromatic carbocycles. The van der Waals surface area contributed by atoms with Crippen molar-refractivity contribution in [1.29, 1.82) is 0 Å². The number of nitrogens with one attached hydrogen (secondary N) is 5. The van der Waals surface area contributed by atoms with Gasteiger partial charge >= 0.3 is 12.1 Å². The molecule has 2 aromatic rings. The second-order valence-electron chi connectivity index (χ2n) is 28.3. The van der Waals surface area contributed by atoms with Crippen molar-refractivity contribution in [1.82, 2.24) is 26.3 Å². The van der Waals surface area contributed by atoms with Gasteiger partial charge in [-0.25, -0.2) is 18.4 Å². The van der Waals surface area contributed by atoms with Gasteiger partial charge in [-0.1, -0.05) is 52.3 Å². The number of ketones is 3.